The van der Waals surface area contributed by atoms with E-state index in [-0.39, 0.29) is 17.7 Å². The van der Waals surface area contributed by atoms with E-state index in [1.54, 1.807) is 16.7 Å². The molecule has 8 heteroatoms. The number of carbonyl (C=O) groups excluding carboxylic acids is 2. The van der Waals surface area contributed by atoms with E-state index in [2.05, 4.69) is 15.5 Å². The molecule has 2 amide bonds. The van der Waals surface area contributed by atoms with Crippen molar-refractivity contribution in [3.05, 3.63) is 65.7 Å². The lowest BCUT2D eigenvalue weighted by atomic mass is 10.1. The van der Waals surface area contributed by atoms with E-state index in [1.165, 1.54) is 11.3 Å². The zero-order valence-electron chi connectivity index (χ0n) is 15.7. The highest BCUT2D eigenvalue weighted by Gasteiger charge is 2.33. The third-order valence-electron chi connectivity index (χ3n) is 4.57. The van der Waals surface area contributed by atoms with E-state index in [1.807, 2.05) is 60.7 Å². The largest absolute Gasteiger partial charge is 0.312 e. The number of hydrogen-bond donors (Lipinski definition) is 1. The molecule has 1 N–H and O–H groups in total. The van der Waals surface area contributed by atoms with Crippen molar-refractivity contribution in [3.8, 4) is 0 Å². The van der Waals surface area contributed by atoms with Gasteiger partial charge < -0.3 is 10.2 Å². The first-order valence-corrected chi connectivity index (χ1v) is 11.2. The zero-order valence-corrected chi connectivity index (χ0v) is 17.3. The second-order valence-electron chi connectivity index (χ2n) is 6.65. The Morgan fingerprint density at radius 2 is 1.83 bits per heavy atom. The topological polar surface area (TPSA) is 75.2 Å². The predicted octanol–water partition coefficient (Wildman–Crippen LogP) is 4.18. The van der Waals surface area contributed by atoms with Crippen LogP contribution in [0.3, 0.4) is 0 Å². The third kappa shape index (κ3) is 5.02. The molecule has 1 unspecified atom stereocenters. The molecule has 1 aromatic heterocycles. The molecule has 0 aliphatic carbocycles. The molecule has 0 bridgehead atoms. The van der Waals surface area contributed by atoms with Crippen LogP contribution in [0.2, 0.25) is 0 Å². The summed E-state index contributed by atoms with van der Waals surface area (Å²) in [6.45, 7) is 0.582. The van der Waals surface area contributed by atoms with Gasteiger partial charge in [-0.15, -0.1) is 22.0 Å². The monoisotopic (exact) mass is 424 g/mol. The SMILES string of the molecule is O=C(CCSc1ccccc1)Nc1nnc(C2CC(=O)N(c3ccccc3)C2)s1. The van der Waals surface area contributed by atoms with E-state index < -0.39 is 0 Å². The standard InChI is InChI=1S/C21H20N4O2S2/c26-18(11-12-28-17-9-5-2-6-10-17)22-21-24-23-20(29-21)15-13-19(27)25(14-15)16-7-3-1-4-8-16/h1-10,15H,11-14H2,(H,22,24,26). The van der Waals surface area contributed by atoms with Gasteiger partial charge in [0.2, 0.25) is 16.9 Å². The number of amides is 2. The zero-order chi connectivity index (χ0) is 20.1. The van der Waals surface area contributed by atoms with E-state index in [0.717, 1.165) is 15.6 Å². The van der Waals surface area contributed by atoms with Gasteiger partial charge in [0.25, 0.3) is 0 Å². The maximum absolute atomic E-state index is 12.4. The Bertz CT molecular complexity index is 979. The Hall–Kier alpha value is -2.71. The quantitative estimate of drug-likeness (QED) is 0.576. The van der Waals surface area contributed by atoms with E-state index in [4.69, 9.17) is 0 Å². The first kappa shape index (κ1) is 19.6. The molecular formula is C21H20N4O2S2. The van der Waals surface area contributed by atoms with Crippen LogP contribution in [0.5, 0.6) is 0 Å². The van der Waals surface area contributed by atoms with Crippen molar-refractivity contribution in [1.82, 2.24) is 10.2 Å². The van der Waals surface area contributed by atoms with Crippen molar-refractivity contribution in [3.63, 3.8) is 0 Å². The lowest BCUT2D eigenvalue weighted by Crippen LogP contribution is -2.24. The molecule has 0 saturated carbocycles. The Kier molecular flexibility index (Phi) is 6.21. The summed E-state index contributed by atoms with van der Waals surface area (Å²) < 4.78 is 0. The van der Waals surface area contributed by atoms with Crippen molar-refractivity contribution in [2.45, 2.75) is 23.7 Å². The number of benzene rings is 2. The molecule has 0 spiro atoms. The molecule has 2 heterocycles. The predicted molar refractivity (Wildman–Crippen MR) is 116 cm³/mol. The third-order valence-corrected chi connectivity index (χ3v) is 6.59. The van der Waals surface area contributed by atoms with E-state index in [9.17, 15) is 9.59 Å². The van der Waals surface area contributed by atoms with Gasteiger partial charge >= 0.3 is 0 Å². The van der Waals surface area contributed by atoms with Crippen LogP contribution in [-0.4, -0.2) is 34.3 Å². The van der Waals surface area contributed by atoms with Crippen LogP contribution in [0.15, 0.2) is 65.6 Å². The summed E-state index contributed by atoms with van der Waals surface area (Å²) in [5, 5.41) is 12.4. The molecule has 3 aromatic rings. The highest BCUT2D eigenvalue weighted by Crippen LogP contribution is 2.34. The van der Waals surface area contributed by atoms with Crippen LogP contribution >= 0.6 is 23.1 Å². The van der Waals surface area contributed by atoms with Gasteiger partial charge in [0, 0.05) is 41.6 Å². The van der Waals surface area contributed by atoms with Crippen molar-refractivity contribution >= 4 is 45.7 Å². The highest BCUT2D eigenvalue weighted by molar-refractivity contribution is 7.99. The fourth-order valence-corrected chi connectivity index (χ4v) is 4.86. The van der Waals surface area contributed by atoms with Gasteiger partial charge in [0.15, 0.2) is 0 Å². The van der Waals surface area contributed by atoms with Gasteiger partial charge in [-0.3, -0.25) is 9.59 Å². The molecule has 1 saturated heterocycles. The van der Waals surface area contributed by atoms with Gasteiger partial charge in [-0.05, 0) is 24.3 Å². The Morgan fingerprint density at radius 3 is 2.59 bits per heavy atom. The summed E-state index contributed by atoms with van der Waals surface area (Å²) in [7, 11) is 0. The molecule has 1 aliphatic rings. The number of nitrogens with one attached hydrogen (secondary N) is 1. The van der Waals surface area contributed by atoms with Crippen LogP contribution in [0.4, 0.5) is 10.8 Å². The van der Waals surface area contributed by atoms with Crippen molar-refractivity contribution in [2.75, 3.05) is 22.5 Å². The molecular weight excluding hydrogens is 404 g/mol. The fraction of sp³-hybridized carbons (Fsp3) is 0.238. The van der Waals surface area contributed by atoms with Gasteiger partial charge in [0.05, 0.1) is 0 Å². The summed E-state index contributed by atoms with van der Waals surface area (Å²) in [5.41, 5.74) is 0.897. The Morgan fingerprint density at radius 1 is 1.10 bits per heavy atom. The lowest BCUT2D eigenvalue weighted by Gasteiger charge is -2.15. The van der Waals surface area contributed by atoms with Crippen LogP contribution in [-0.2, 0) is 9.59 Å². The molecule has 1 atom stereocenters. The molecule has 29 heavy (non-hydrogen) atoms. The average Bonchev–Trinajstić information content (AvgIpc) is 3.36. The molecule has 0 radical (unpaired) electrons. The summed E-state index contributed by atoms with van der Waals surface area (Å²) >= 11 is 2.99. The van der Waals surface area contributed by atoms with Gasteiger partial charge in [-0.2, -0.15) is 0 Å². The van der Waals surface area contributed by atoms with Crippen molar-refractivity contribution < 1.29 is 9.59 Å². The van der Waals surface area contributed by atoms with Crippen molar-refractivity contribution in [2.24, 2.45) is 0 Å². The number of rotatable bonds is 7. The van der Waals surface area contributed by atoms with Crippen molar-refractivity contribution in [1.29, 1.82) is 0 Å². The van der Waals surface area contributed by atoms with Gasteiger partial charge in [-0.1, -0.05) is 47.7 Å². The molecule has 2 aromatic carbocycles. The minimum absolute atomic E-state index is 0.000468. The maximum atomic E-state index is 12.4. The van der Waals surface area contributed by atoms with Crippen LogP contribution < -0.4 is 10.2 Å². The first-order chi connectivity index (χ1) is 14.2. The highest BCUT2D eigenvalue weighted by atomic mass is 32.2. The number of aromatic nitrogens is 2. The van der Waals surface area contributed by atoms with E-state index >= 15 is 0 Å². The average molecular weight is 425 g/mol. The minimum atomic E-state index is -0.0791. The number of carbonyl (C=O) groups is 2. The number of anilines is 2. The smallest absolute Gasteiger partial charge is 0.227 e. The minimum Gasteiger partial charge on any atom is -0.312 e. The summed E-state index contributed by atoms with van der Waals surface area (Å²) in [4.78, 5) is 27.5. The van der Waals surface area contributed by atoms with E-state index in [0.29, 0.717) is 30.3 Å². The number of hydrogen-bond acceptors (Lipinski definition) is 6. The maximum Gasteiger partial charge on any atom is 0.227 e. The van der Waals surface area contributed by atoms with Crippen LogP contribution in [0, 0.1) is 0 Å². The second-order valence-corrected chi connectivity index (χ2v) is 8.82. The lowest BCUT2D eigenvalue weighted by molar-refractivity contribution is -0.117. The molecule has 1 fully saturated rings. The van der Waals surface area contributed by atoms with Crippen LogP contribution in [0.25, 0.3) is 0 Å². The number of thioether (sulfide) groups is 1. The Labute approximate surface area is 177 Å². The molecule has 4 rings (SSSR count). The fourth-order valence-electron chi connectivity index (χ4n) is 3.14. The second kappa shape index (κ2) is 9.19. The summed E-state index contributed by atoms with van der Waals surface area (Å²) in [5.74, 6) is 0.703. The normalized spacial score (nSPS) is 16.2. The van der Waals surface area contributed by atoms with Gasteiger partial charge in [0.1, 0.15) is 5.01 Å². The molecule has 6 nitrogen and oxygen atoms in total. The Balaban J connectivity index is 1.29. The summed E-state index contributed by atoms with van der Waals surface area (Å²) in [6.07, 6.45) is 0.809. The molecule has 1 aliphatic heterocycles. The number of nitrogens with zero attached hydrogens (tertiary/aromatic N) is 3. The number of para-hydroxylation sites is 1. The molecule has 148 valence electrons. The first-order valence-electron chi connectivity index (χ1n) is 9.35. The van der Waals surface area contributed by atoms with Crippen LogP contribution in [0.1, 0.15) is 23.8 Å². The van der Waals surface area contributed by atoms with Gasteiger partial charge in [-0.25, -0.2) is 0 Å². The summed E-state index contributed by atoms with van der Waals surface area (Å²) in [6, 6.07) is 19.6.